The number of nitrogens with zero attached hydrogens (tertiary/aromatic N) is 2. The summed E-state index contributed by atoms with van der Waals surface area (Å²) < 4.78 is 37.8. The molecule has 1 N–H and O–H groups in total. The summed E-state index contributed by atoms with van der Waals surface area (Å²) in [6.07, 6.45) is 0.828. The van der Waals surface area contributed by atoms with Crippen LogP contribution in [0.5, 0.6) is 5.75 Å². The Bertz CT molecular complexity index is 765. The zero-order valence-electron chi connectivity index (χ0n) is 17.0. The number of rotatable bonds is 11. The number of sulfonamides is 1. The molecule has 2 rings (SSSR count). The van der Waals surface area contributed by atoms with Gasteiger partial charge in [-0.2, -0.15) is 4.31 Å². The van der Waals surface area contributed by atoms with Crippen molar-refractivity contribution in [1.29, 1.82) is 0 Å². The number of benzene rings is 1. The fourth-order valence-corrected chi connectivity index (χ4v) is 4.91. The van der Waals surface area contributed by atoms with Crippen LogP contribution in [0.25, 0.3) is 0 Å². The highest BCUT2D eigenvalue weighted by Crippen LogP contribution is 2.29. The monoisotopic (exact) mass is 447 g/mol. The minimum Gasteiger partial charge on any atom is -0.482 e. The van der Waals surface area contributed by atoms with Gasteiger partial charge in [-0.15, -0.1) is 0 Å². The first kappa shape index (κ1) is 23.9. The van der Waals surface area contributed by atoms with Crippen molar-refractivity contribution in [1.82, 2.24) is 14.5 Å². The Kier molecular flexibility index (Phi) is 9.64. The van der Waals surface area contributed by atoms with Crippen molar-refractivity contribution in [2.24, 2.45) is 0 Å². The highest BCUT2D eigenvalue weighted by molar-refractivity contribution is 7.89. The second-order valence-electron chi connectivity index (χ2n) is 6.63. The van der Waals surface area contributed by atoms with E-state index in [0.29, 0.717) is 19.6 Å². The maximum absolute atomic E-state index is 12.8. The molecule has 1 aromatic carbocycles. The van der Waals surface area contributed by atoms with Gasteiger partial charge in [-0.05, 0) is 31.2 Å². The lowest BCUT2D eigenvalue weighted by atomic mass is 10.3. The molecule has 10 heteroatoms. The number of halogens is 1. The predicted octanol–water partition coefficient (Wildman–Crippen LogP) is 1.59. The number of amides is 1. The van der Waals surface area contributed by atoms with Crippen molar-refractivity contribution >= 4 is 27.5 Å². The summed E-state index contributed by atoms with van der Waals surface area (Å²) in [5, 5.41) is 3.09. The van der Waals surface area contributed by atoms with Gasteiger partial charge in [-0.25, -0.2) is 8.42 Å². The number of ether oxygens (including phenoxy) is 2. The standard InChI is InChI=1S/C19H30ClN3O5S/c1-3-23(4-2)29(25,26)18-14-16(20)6-7-17(18)28-15-19(24)21-8-5-9-22-10-12-27-13-11-22/h6-7,14H,3-5,8-13,15H2,1-2H3,(H,21,24). The molecule has 29 heavy (non-hydrogen) atoms. The average Bonchev–Trinajstić information content (AvgIpc) is 2.71. The van der Waals surface area contributed by atoms with Crippen LogP contribution in [0.2, 0.25) is 5.02 Å². The van der Waals surface area contributed by atoms with E-state index >= 15 is 0 Å². The van der Waals surface area contributed by atoms with E-state index in [2.05, 4.69) is 10.2 Å². The Morgan fingerprint density at radius 2 is 1.97 bits per heavy atom. The van der Waals surface area contributed by atoms with Gasteiger partial charge in [-0.3, -0.25) is 9.69 Å². The largest absolute Gasteiger partial charge is 0.482 e. The number of hydrogen-bond acceptors (Lipinski definition) is 6. The molecule has 1 fully saturated rings. The SMILES string of the molecule is CCN(CC)S(=O)(=O)c1cc(Cl)ccc1OCC(=O)NCCCN1CCOCC1. The molecule has 0 saturated carbocycles. The summed E-state index contributed by atoms with van der Waals surface area (Å²) in [4.78, 5) is 14.3. The molecule has 1 saturated heterocycles. The number of carbonyl (C=O) groups excluding carboxylic acids is 1. The third-order valence-electron chi connectivity index (χ3n) is 4.66. The third kappa shape index (κ3) is 7.11. The van der Waals surface area contributed by atoms with Gasteiger partial charge in [0.25, 0.3) is 5.91 Å². The number of nitrogens with one attached hydrogen (secondary N) is 1. The maximum Gasteiger partial charge on any atom is 0.257 e. The molecular formula is C19H30ClN3O5S. The fraction of sp³-hybridized carbons (Fsp3) is 0.632. The summed E-state index contributed by atoms with van der Waals surface area (Å²) in [6.45, 7) is 8.67. The number of hydrogen-bond donors (Lipinski definition) is 1. The van der Waals surface area contributed by atoms with Crippen molar-refractivity contribution < 1.29 is 22.7 Å². The van der Waals surface area contributed by atoms with Crippen LogP contribution in [0.15, 0.2) is 23.1 Å². The fourth-order valence-electron chi connectivity index (χ4n) is 3.05. The summed E-state index contributed by atoms with van der Waals surface area (Å²) in [5.74, 6) is -0.183. The van der Waals surface area contributed by atoms with Crippen LogP contribution < -0.4 is 10.1 Å². The van der Waals surface area contributed by atoms with Crippen LogP contribution >= 0.6 is 11.6 Å². The molecule has 0 radical (unpaired) electrons. The molecule has 1 aromatic rings. The lowest BCUT2D eigenvalue weighted by Crippen LogP contribution is -2.38. The van der Waals surface area contributed by atoms with Crippen molar-refractivity contribution in [2.75, 3.05) is 59.1 Å². The topological polar surface area (TPSA) is 88.2 Å². The molecule has 1 heterocycles. The summed E-state index contributed by atoms with van der Waals surface area (Å²) in [7, 11) is -3.76. The van der Waals surface area contributed by atoms with Crippen LogP contribution in [0, 0.1) is 0 Å². The smallest absolute Gasteiger partial charge is 0.257 e. The lowest BCUT2D eigenvalue weighted by Gasteiger charge is -2.26. The normalized spacial score (nSPS) is 15.4. The molecule has 1 aliphatic rings. The number of carbonyl (C=O) groups is 1. The average molecular weight is 448 g/mol. The molecule has 0 bridgehead atoms. The second-order valence-corrected chi connectivity index (χ2v) is 8.97. The van der Waals surface area contributed by atoms with Crippen LogP contribution in [0.4, 0.5) is 0 Å². The van der Waals surface area contributed by atoms with E-state index in [-0.39, 0.29) is 28.2 Å². The van der Waals surface area contributed by atoms with Crippen LogP contribution in [-0.4, -0.2) is 82.6 Å². The molecule has 0 spiro atoms. The molecular weight excluding hydrogens is 418 g/mol. The molecule has 0 unspecified atom stereocenters. The first-order valence-corrected chi connectivity index (χ1v) is 11.7. The van der Waals surface area contributed by atoms with E-state index < -0.39 is 10.0 Å². The molecule has 0 aliphatic carbocycles. The Balaban J connectivity index is 1.88. The van der Waals surface area contributed by atoms with Gasteiger partial charge in [0, 0.05) is 37.7 Å². The van der Waals surface area contributed by atoms with E-state index in [1.807, 2.05) is 0 Å². The van der Waals surface area contributed by atoms with Gasteiger partial charge in [0.15, 0.2) is 6.61 Å². The molecule has 0 aromatic heterocycles. The van der Waals surface area contributed by atoms with Gasteiger partial charge >= 0.3 is 0 Å². The molecule has 164 valence electrons. The highest BCUT2D eigenvalue weighted by atomic mass is 35.5. The highest BCUT2D eigenvalue weighted by Gasteiger charge is 2.26. The van der Waals surface area contributed by atoms with Gasteiger partial charge in [0.05, 0.1) is 13.2 Å². The van der Waals surface area contributed by atoms with Crippen LogP contribution in [0.1, 0.15) is 20.3 Å². The van der Waals surface area contributed by atoms with E-state index in [1.165, 1.54) is 16.4 Å². The van der Waals surface area contributed by atoms with Crippen molar-refractivity contribution in [3.8, 4) is 5.75 Å². The van der Waals surface area contributed by atoms with Crippen molar-refractivity contribution in [2.45, 2.75) is 25.2 Å². The Labute approximate surface area is 178 Å². The van der Waals surface area contributed by atoms with E-state index in [0.717, 1.165) is 39.3 Å². The summed E-state index contributed by atoms with van der Waals surface area (Å²) >= 11 is 6.00. The predicted molar refractivity (Wildman–Crippen MR) is 112 cm³/mol. The van der Waals surface area contributed by atoms with Crippen LogP contribution in [0.3, 0.4) is 0 Å². The lowest BCUT2D eigenvalue weighted by molar-refractivity contribution is -0.123. The van der Waals surface area contributed by atoms with Gasteiger partial charge in [-0.1, -0.05) is 25.4 Å². The quantitative estimate of drug-likeness (QED) is 0.518. The Hall–Kier alpha value is -1.39. The minimum absolute atomic E-state index is 0.0335. The molecule has 0 atom stereocenters. The van der Waals surface area contributed by atoms with Gasteiger partial charge < -0.3 is 14.8 Å². The van der Waals surface area contributed by atoms with Crippen molar-refractivity contribution in [3.05, 3.63) is 23.2 Å². The van der Waals surface area contributed by atoms with Crippen molar-refractivity contribution in [3.63, 3.8) is 0 Å². The molecule has 8 nitrogen and oxygen atoms in total. The maximum atomic E-state index is 12.8. The summed E-state index contributed by atoms with van der Waals surface area (Å²) in [6, 6.07) is 4.37. The first-order chi connectivity index (χ1) is 13.9. The van der Waals surface area contributed by atoms with E-state index in [1.54, 1.807) is 19.9 Å². The zero-order valence-corrected chi connectivity index (χ0v) is 18.6. The first-order valence-electron chi connectivity index (χ1n) is 9.87. The second kappa shape index (κ2) is 11.7. The van der Waals surface area contributed by atoms with E-state index in [9.17, 15) is 13.2 Å². The Morgan fingerprint density at radius 3 is 2.62 bits per heavy atom. The zero-order chi connectivity index (χ0) is 21.3. The van der Waals surface area contributed by atoms with Crippen LogP contribution in [-0.2, 0) is 19.6 Å². The minimum atomic E-state index is -3.76. The van der Waals surface area contributed by atoms with Gasteiger partial charge in [0.2, 0.25) is 10.0 Å². The Morgan fingerprint density at radius 1 is 1.28 bits per heavy atom. The van der Waals surface area contributed by atoms with Gasteiger partial charge in [0.1, 0.15) is 10.6 Å². The molecule has 1 amide bonds. The van der Waals surface area contributed by atoms with E-state index in [4.69, 9.17) is 21.1 Å². The number of morpholine rings is 1. The molecule has 1 aliphatic heterocycles. The third-order valence-corrected chi connectivity index (χ3v) is 6.97. The summed E-state index contributed by atoms with van der Waals surface area (Å²) in [5.41, 5.74) is 0.